The Balaban J connectivity index is 1.38. The van der Waals surface area contributed by atoms with Crippen LogP contribution in [0, 0.1) is 11.6 Å². The highest BCUT2D eigenvalue weighted by molar-refractivity contribution is 6.23. The predicted molar refractivity (Wildman–Crippen MR) is 128 cm³/mol. The fraction of sp³-hybridized carbons (Fsp3) is 0.360. The van der Waals surface area contributed by atoms with Gasteiger partial charge < -0.3 is 4.90 Å². The molecular formula is C25H27F2N6O2+. The first-order valence-corrected chi connectivity index (χ1v) is 11.6. The number of carbonyl (C=O) groups is 2. The molecule has 2 aromatic carbocycles. The van der Waals surface area contributed by atoms with Gasteiger partial charge in [-0.25, -0.2) is 18.2 Å². The van der Waals surface area contributed by atoms with E-state index >= 15 is 0 Å². The van der Waals surface area contributed by atoms with Crippen LogP contribution >= 0.6 is 0 Å². The van der Waals surface area contributed by atoms with Gasteiger partial charge in [-0.15, -0.1) is 0 Å². The van der Waals surface area contributed by atoms with E-state index in [1.807, 2.05) is 4.58 Å². The molecule has 2 fully saturated rings. The maximum Gasteiger partial charge on any atom is 0.333 e. The molecule has 0 aliphatic carbocycles. The van der Waals surface area contributed by atoms with Crippen molar-refractivity contribution in [1.82, 2.24) is 14.7 Å². The molecule has 3 aliphatic heterocycles. The zero-order valence-corrected chi connectivity index (χ0v) is 19.7. The van der Waals surface area contributed by atoms with Crippen LogP contribution in [0.1, 0.15) is 5.56 Å². The number of anilines is 1. The topological polar surface area (TPSA) is 62.5 Å². The van der Waals surface area contributed by atoms with E-state index in [4.69, 9.17) is 4.99 Å². The lowest BCUT2D eigenvalue weighted by Gasteiger charge is -2.35. The summed E-state index contributed by atoms with van der Waals surface area (Å²) in [5, 5.41) is 0. The first-order valence-electron chi connectivity index (χ1n) is 11.6. The van der Waals surface area contributed by atoms with Crippen LogP contribution in [0.5, 0.6) is 0 Å². The normalized spacial score (nSPS) is 21.1. The highest BCUT2D eigenvalue weighted by Crippen LogP contribution is 2.22. The molecule has 3 amide bonds. The van der Waals surface area contributed by atoms with Crippen molar-refractivity contribution in [1.29, 1.82) is 0 Å². The van der Waals surface area contributed by atoms with E-state index < -0.39 is 12.1 Å². The molecule has 182 valence electrons. The van der Waals surface area contributed by atoms with Crippen molar-refractivity contribution < 1.29 is 22.9 Å². The zero-order chi connectivity index (χ0) is 24.7. The molecular weight excluding hydrogens is 454 g/mol. The molecule has 5 rings (SSSR count). The van der Waals surface area contributed by atoms with Gasteiger partial charge in [-0.3, -0.25) is 19.5 Å². The van der Waals surface area contributed by atoms with E-state index in [0.717, 1.165) is 42.3 Å². The number of likely N-dealkylation sites (N-methyl/N-ethyl adjacent to an activating group) is 2. The Morgan fingerprint density at radius 2 is 1.49 bits per heavy atom. The molecule has 3 aliphatic rings. The van der Waals surface area contributed by atoms with Crippen molar-refractivity contribution in [2.45, 2.75) is 12.6 Å². The largest absolute Gasteiger partial charge is 0.369 e. The summed E-state index contributed by atoms with van der Waals surface area (Å²) in [6.45, 7) is 3.96. The first kappa shape index (κ1) is 23.1. The van der Waals surface area contributed by atoms with Crippen molar-refractivity contribution in [3.05, 3.63) is 65.7 Å². The van der Waals surface area contributed by atoms with Crippen LogP contribution in [-0.4, -0.2) is 95.7 Å². The molecule has 0 aromatic heterocycles. The Bertz CT molecular complexity index is 1200. The summed E-state index contributed by atoms with van der Waals surface area (Å²) in [5.41, 5.74) is 1.83. The van der Waals surface area contributed by atoms with E-state index in [2.05, 4.69) is 9.80 Å². The number of halogens is 2. The second-order valence-electron chi connectivity index (χ2n) is 9.02. The summed E-state index contributed by atoms with van der Waals surface area (Å²) in [7, 11) is 3.10. The fourth-order valence-electron chi connectivity index (χ4n) is 4.76. The number of hydrogen-bond acceptors (Lipinski definition) is 5. The minimum absolute atomic E-state index is 0.254. The molecule has 0 N–H and O–H groups in total. The van der Waals surface area contributed by atoms with Gasteiger partial charge in [-0.2, -0.15) is 0 Å². The average molecular weight is 482 g/mol. The van der Waals surface area contributed by atoms with Gasteiger partial charge in [-0.1, -0.05) is 12.1 Å². The third kappa shape index (κ3) is 4.41. The molecule has 1 unspecified atom stereocenters. The standard InChI is InChI=1S/C25H27F2N6O2/c1-29-23-22(24(34)30(2)25(29)35)33(15-17-3-5-18(26)6-4-17)21(28-23)16-31-11-13-32(14-12-31)20-9-7-19(27)8-10-20/h3-10,22H,11-16H2,1-2H3/q+1. The Morgan fingerprint density at radius 3 is 2.11 bits per heavy atom. The molecule has 3 heterocycles. The summed E-state index contributed by atoms with van der Waals surface area (Å²) in [4.78, 5) is 37.4. The quantitative estimate of drug-likeness (QED) is 0.613. The predicted octanol–water partition coefficient (Wildman–Crippen LogP) is 2.00. The van der Waals surface area contributed by atoms with Crippen LogP contribution in [0.4, 0.5) is 19.3 Å². The van der Waals surface area contributed by atoms with Gasteiger partial charge in [0, 0.05) is 46.0 Å². The van der Waals surface area contributed by atoms with Crippen molar-refractivity contribution >= 4 is 29.3 Å². The van der Waals surface area contributed by atoms with E-state index in [-0.39, 0.29) is 17.5 Å². The third-order valence-corrected chi connectivity index (χ3v) is 6.81. The molecule has 10 heteroatoms. The number of aliphatic imine (C=N–C) groups is 1. The second kappa shape index (κ2) is 9.18. The van der Waals surface area contributed by atoms with Gasteiger partial charge in [0.05, 0.1) is 0 Å². The van der Waals surface area contributed by atoms with Crippen LogP contribution in [0.25, 0.3) is 0 Å². The van der Waals surface area contributed by atoms with E-state index in [0.29, 0.717) is 24.8 Å². The average Bonchev–Trinajstić information content (AvgIpc) is 3.21. The summed E-state index contributed by atoms with van der Waals surface area (Å²) in [6, 6.07) is 11.6. The van der Waals surface area contributed by atoms with Gasteiger partial charge in [0.15, 0.2) is 0 Å². The lowest BCUT2D eigenvalue weighted by molar-refractivity contribution is -0.552. The van der Waals surface area contributed by atoms with Crippen molar-refractivity contribution in [2.75, 3.05) is 51.7 Å². The number of benzene rings is 2. The minimum Gasteiger partial charge on any atom is -0.369 e. The van der Waals surface area contributed by atoms with Crippen molar-refractivity contribution in [3.63, 3.8) is 0 Å². The molecule has 8 nitrogen and oxygen atoms in total. The Labute approximate surface area is 202 Å². The number of amidine groups is 2. The molecule has 0 bridgehead atoms. The monoisotopic (exact) mass is 481 g/mol. The zero-order valence-electron chi connectivity index (χ0n) is 19.7. The van der Waals surface area contributed by atoms with Gasteiger partial charge in [0.25, 0.3) is 17.8 Å². The summed E-state index contributed by atoms with van der Waals surface area (Å²) < 4.78 is 28.6. The maximum atomic E-state index is 13.5. The number of imide groups is 1. The summed E-state index contributed by atoms with van der Waals surface area (Å²) in [6.07, 6.45) is 0. The molecule has 1 atom stereocenters. The first-order chi connectivity index (χ1) is 16.8. The number of rotatable bonds is 5. The number of nitrogens with zero attached hydrogens (tertiary/aromatic N) is 6. The van der Waals surface area contributed by atoms with Crippen LogP contribution in [0.2, 0.25) is 0 Å². The number of amides is 3. The Kier molecular flexibility index (Phi) is 6.06. The maximum absolute atomic E-state index is 13.5. The molecule has 0 spiro atoms. The molecule has 2 saturated heterocycles. The second-order valence-corrected chi connectivity index (χ2v) is 9.02. The van der Waals surface area contributed by atoms with Crippen molar-refractivity contribution in [2.24, 2.45) is 4.99 Å². The van der Waals surface area contributed by atoms with E-state index in [9.17, 15) is 18.4 Å². The highest BCUT2D eigenvalue weighted by atomic mass is 19.1. The number of piperazine rings is 1. The molecule has 35 heavy (non-hydrogen) atoms. The number of urea groups is 1. The SMILES string of the molecule is CN1C(=O)C2C(=NC(CN3CCN(c4ccc(F)cc4)CC3)=[N+]2Cc2ccc(F)cc2)N(C)C1=O. The minimum atomic E-state index is -0.705. The fourth-order valence-corrected chi connectivity index (χ4v) is 4.76. The van der Waals surface area contributed by atoms with Crippen molar-refractivity contribution in [3.8, 4) is 0 Å². The van der Waals surface area contributed by atoms with Gasteiger partial charge in [-0.05, 0) is 47.0 Å². The lowest BCUT2D eigenvalue weighted by atomic mass is 10.1. The Morgan fingerprint density at radius 1 is 0.886 bits per heavy atom. The lowest BCUT2D eigenvalue weighted by Crippen LogP contribution is -2.61. The molecule has 2 aromatic rings. The third-order valence-electron chi connectivity index (χ3n) is 6.81. The molecule has 0 saturated carbocycles. The van der Waals surface area contributed by atoms with E-state index in [1.54, 1.807) is 31.3 Å². The van der Waals surface area contributed by atoms with Gasteiger partial charge in [0.2, 0.25) is 0 Å². The van der Waals surface area contributed by atoms with Crippen LogP contribution < -0.4 is 4.90 Å². The van der Waals surface area contributed by atoms with Crippen LogP contribution in [-0.2, 0) is 11.3 Å². The summed E-state index contributed by atoms with van der Waals surface area (Å²) >= 11 is 0. The van der Waals surface area contributed by atoms with Crippen LogP contribution in [0.15, 0.2) is 53.5 Å². The van der Waals surface area contributed by atoms with Gasteiger partial charge in [0.1, 0.15) is 24.7 Å². The summed E-state index contributed by atoms with van der Waals surface area (Å²) in [5.74, 6) is 0.211. The number of hydrogen-bond donors (Lipinski definition) is 0. The van der Waals surface area contributed by atoms with Crippen LogP contribution in [0.3, 0.4) is 0 Å². The number of fused-ring (bicyclic) bond motifs is 1. The highest BCUT2D eigenvalue weighted by Gasteiger charge is 2.53. The number of carbonyl (C=O) groups excluding carboxylic acids is 2. The Hall–Kier alpha value is -3.66. The smallest absolute Gasteiger partial charge is 0.333 e. The molecule has 0 radical (unpaired) electrons. The van der Waals surface area contributed by atoms with Gasteiger partial charge >= 0.3 is 11.9 Å². The van der Waals surface area contributed by atoms with E-state index in [1.165, 1.54) is 36.2 Å².